The molecule has 0 aliphatic rings. The van der Waals surface area contributed by atoms with Crippen molar-refractivity contribution < 1.29 is 4.92 Å². The van der Waals surface area contributed by atoms with Gasteiger partial charge in [0, 0.05) is 23.9 Å². The summed E-state index contributed by atoms with van der Waals surface area (Å²) < 4.78 is 1.55. The predicted molar refractivity (Wildman–Crippen MR) is 62.9 cm³/mol. The first-order valence-corrected chi connectivity index (χ1v) is 5.16. The first-order chi connectivity index (χ1) is 8.74. The van der Waals surface area contributed by atoms with E-state index in [1.165, 1.54) is 12.1 Å². The molecule has 88 valence electrons. The maximum atomic E-state index is 10.6. The summed E-state index contributed by atoms with van der Waals surface area (Å²) in [5.41, 5.74) is 2.49. The Hall–Kier alpha value is -2.83. The fraction of sp³-hybridized carbons (Fsp3) is 0. The molecule has 1 aromatic carbocycles. The second-order valence-electron chi connectivity index (χ2n) is 3.70. The molecule has 3 aromatic rings. The molecule has 2 heterocycles. The molecule has 0 spiro atoms. The van der Waals surface area contributed by atoms with Gasteiger partial charge in [-0.15, -0.1) is 5.10 Å². The Balaban J connectivity index is 2.05. The number of nitro groups is 1. The van der Waals surface area contributed by atoms with Gasteiger partial charge in [-0.1, -0.05) is 0 Å². The van der Waals surface area contributed by atoms with Crippen LogP contribution in [0, 0.1) is 10.1 Å². The summed E-state index contributed by atoms with van der Waals surface area (Å²) in [5.74, 6) is 0. The molecule has 0 amide bonds. The first-order valence-electron chi connectivity index (χ1n) is 5.16. The molecule has 3 rings (SSSR count). The molecule has 0 saturated carbocycles. The normalized spacial score (nSPS) is 10.7. The summed E-state index contributed by atoms with van der Waals surface area (Å²) in [5, 5.41) is 21.7. The monoisotopic (exact) mass is 241 g/mol. The SMILES string of the molecule is O=[N+]([O-])c1ccc(-c2ccc3nnnn3c2)cc1. The Kier molecular flexibility index (Phi) is 2.23. The molecule has 18 heavy (non-hydrogen) atoms. The fourth-order valence-electron chi connectivity index (χ4n) is 1.69. The average molecular weight is 241 g/mol. The smallest absolute Gasteiger partial charge is 0.258 e. The van der Waals surface area contributed by atoms with Crippen molar-refractivity contribution in [3.05, 3.63) is 52.7 Å². The standard InChI is InChI=1S/C11H7N5O2/c17-16(18)10-4-1-8(2-5-10)9-3-6-11-12-13-14-15(11)7-9/h1-7H. The summed E-state index contributed by atoms with van der Waals surface area (Å²) in [6.45, 7) is 0. The summed E-state index contributed by atoms with van der Waals surface area (Å²) >= 11 is 0. The zero-order valence-electron chi connectivity index (χ0n) is 9.09. The zero-order valence-corrected chi connectivity index (χ0v) is 9.09. The molecule has 0 unspecified atom stereocenters. The van der Waals surface area contributed by atoms with Crippen molar-refractivity contribution in [2.24, 2.45) is 0 Å². The number of non-ortho nitro benzene ring substituents is 1. The third kappa shape index (κ3) is 1.67. The van der Waals surface area contributed by atoms with E-state index in [-0.39, 0.29) is 5.69 Å². The first kappa shape index (κ1) is 10.3. The lowest BCUT2D eigenvalue weighted by Crippen LogP contribution is -1.90. The molecule has 0 aliphatic carbocycles. The minimum atomic E-state index is -0.422. The van der Waals surface area contributed by atoms with E-state index >= 15 is 0 Å². The van der Waals surface area contributed by atoms with Gasteiger partial charge >= 0.3 is 0 Å². The van der Waals surface area contributed by atoms with Crippen molar-refractivity contribution >= 4 is 11.3 Å². The number of fused-ring (bicyclic) bond motifs is 1. The van der Waals surface area contributed by atoms with Gasteiger partial charge in [-0.3, -0.25) is 10.1 Å². The van der Waals surface area contributed by atoms with E-state index < -0.39 is 4.92 Å². The lowest BCUT2D eigenvalue weighted by atomic mass is 10.1. The minimum absolute atomic E-state index is 0.0715. The number of hydrogen-bond acceptors (Lipinski definition) is 5. The largest absolute Gasteiger partial charge is 0.269 e. The van der Waals surface area contributed by atoms with Crippen molar-refractivity contribution in [1.29, 1.82) is 0 Å². The number of tetrazole rings is 1. The van der Waals surface area contributed by atoms with Gasteiger partial charge in [0.1, 0.15) is 0 Å². The number of benzene rings is 1. The second-order valence-corrected chi connectivity index (χ2v) is 3.70. The van der Waals surface area contributed by atoms with Gasteiger partial charge in [0.2, 0.25) is 0 Å². The van der Waals surface area contributed by atoms with E-state index in [9.17, 15) is 10.1 Å². The minimum Gasteiger partial charge on any atom is -0.258 e. The second kappa shape index (κ2) is 3.88. The van der Waals surface area contributed by atoms with Crippen LogP contribution in [0.15, 0.2) is 42.6 Å². The van der Waals surface area contributed by atoms with E-state index in [1.807, 2.05) is 6.07 Å². The van der Waals surface area contributed by atoms with Crippen LogP contribution in [-0.2, 0) is 0 Å². The molecule has 0 atom stereocenters. The molecule has 0 N–H and O–H groups in total. The number of aromatic nitrogens is 4. The van der Waals surface area contributed by atoms with Crippen LogP contribution in [0.4, 0.5) is 5.69 Å². The molecule has 0 saturated heterocycles. The maximum Gasteiger partial charge on any atom is 0.269 e. The van der Waals surface area contributed by atoms with Crippen molar-refractivity contribution in [2.45, 2.75) is 0 Å². The maximum absolute atomic E-state index is 10.6. The number of nitrogens with zero attached hydrogens (tertiary/aromatic N) is 5. The van der Waals surface area contributed by atoms with E-state index in [4.69, 9.17) is 0 Å². The van der Waals surface area contributed by atoms with Crippen molar-refractivity contribution in [3.8, 4) is 11.1 Å². The third-order valence-corrected chi connectivity index (χ3v) is 2.60. The highest BCUT2D eigenvalue weighted by molar-refractivity contribution is 5.65. The summed E-state index contributed by atoms with van der Waals surface area (Å²) in [7, 11) is 0. The van der Waals surface area contributed by atoms with Gasteiger partial charge in [-0.25, -0.2) is 4.52 Å². The Bertz CT molecular complexity index is 720. The van der Waals surface area contributed by atoms with Crippen molar-refractivity contribution in [3.63, 3.8) is 0 Å². The van der Waals surface area contributed by atoms with E-state index in [1.54, 1.807) is 28.9 Å². The Morgan fingerprint density at radius 3 is 2.50 bits per heavy atom. The van der Waals surface area contributed by atoms with Gasteiger partial charge in [0.05, 0.1) is 4.92 Å². The summed E-state index contributed by atoms with van der Waals surface area (Å²) in [4.78, 5) is 10.1. The quantitative estimate of drug-likeness (QED) is 0.503. The van der Waals surface area contributed by atoms with Gasteiger partial charge in [0.25, 0.3) is 5.69 Å². The van der Waals surface area contributed by atoms with Gasteiger partial charge < -0.3 is 0 Å². The molecular weight excluding hydrogens is 234 g/mol. The van der Waals surface area contributed by atoms with Crippen LogP contribution < -0.4 is 0 Å². The van der Waals surface area contributed by atoms with Crippen LogP contribution in [0.1, 0.15) is 0 Å². The Labute approximate surface area is 101 Å². The summed E-state index contributed by atoms with van der Waals surface area (Å²) in [6.07, 6.45) is 1.77. The molecule has 0 fully saturated rings. The van der Waals surface area contributed by atoms with E-state index in [0.29, 0.717) is 5.65 Å². The van der Waals surface area contributed by atoms with Crippen LogP contribution in [0.3, 0.4) is 0 Å². The molecule has 2 aromatic heterocycles. The molecule has 0 radical (unpaired) electrons. The van der Waals surface area contributed by atoms with Crippen molar-refractivity contribution in [1.82, 2.24) is 20.0 Å². The average Bonchev–Trinajstić information content (AvgIpc) is 2.86. The van der Waals surface area contributed by atoms with Crippen molar-refractivity contribution in [2.75, 3.05) is 0 Å². The lowest BCUT2D eigenvalue weighted by molar-refractivity contribution is -0.384. The van der Waals surface area contributed by atoms with Gasteiger partial charge in [-0.05, 0) is 40.3 Å². The lowest BCUT2D eigenvalue weighted by Gasteiger charge is -2.01. The topological polar surface area (TPSA) is 86.2 Å². The molecule has 0 aliphatic heterocycles. The van der Waals surface area contributed by atoms with E-state index in [0.717, 1.165) is 11.1 Å². The Morgan fingerprint density at radius 1 is 1.06 bits per heavy atom. The van der Waals surface area contributed by atoms with Crippen LogP contribution >= 0.6 is 0 Å². The highest BCUT2D eigenvalue weighted by Crippen LogP contribution is 2.22. The number of pyridine rings is 1. The fourth-order valence-corrected chi connectivity index (χ4v) is 1.69. The molecular formula is C11H7N5O2. The zero-order chi connectivity index (χ0) is 12.5. The van der Waals surface area contributed by atoms with E-state index in [2.05, 4.69) is 15.5 Å². The predicted octanol–water partition coefficient (Wildman–Crippen LogP) is 1.70. The third-order valence-electron chi connectivity index (χ3n) is 2.60. The highest BCUT2D eigenvalue weighted by atomic mass is 16.6. The molecule has 7 nitrogen and oxygen atoms in total. The van der Waals surface area contributed by atoms with Gasteiger partial charge in [0.15, 0.2) is 5.65 Å². The van der Waals surface area contributed by atoms with Crippen LogP contribution in [0.25, 0.3) is 16.8 Å². The number of rotatable bonds is 2. The Morgan fingerprint density at radius 2 is 1.78 bits per heavy atom. The summed E-state index contributed by atoms with van der Waals surface area (Å²) in [6, 6.07) is 10.00. The van der Waals surface area contributed by atoms with Crippen LogP contribution in [0.5, 0.6) is 0 Å². The molecule has 0 bridgehead atoms. The highest BCUT2D eigenvalue weighted by Gasteiger charge is 2.06. The van der Waals surface area contributed by atoms with Crippen LogP contribution in [-0.4, -0.2) is 25.0 Å². The molecule has 7 heteroatoms. The van der Waals surface area contributed by atoms with Gasteiger partial charge in [-0.2, -0.15) is 0 Å². The van der Waals surface area contributed by atoms with Crippen LogP contribution in [0.2, 0.25) is 0 Å². The number of hydrogen-bond donors (Lipinski definition) is 0. The number of nitro benzene ring substituents is 1.